The third-order valence-electron chi connectivity index (χ3n) is 2.83. The number of rotatable bonds is 3. The lowest BCUT2D eigenvalue weighted by Gasteiger charge is -2.17. The lowest BCUT2D eigenvalue weighted by Crippen LogP contribution is -2.26. The predicted molar refractivity (Wildman–Crippen MR) is 75.6 cm³/mol. The largest absolute Gasteiger partial charge is 0.399 e. The Morgan fingerprint density at radius 1 is 1.26 bits per heavy atom. The second kappa shape index (κ2) is 5.52. The molecule has 0 saturated heterocycles. The second-order valence-corrected chi connectivity index (χ2v) is 4.56. The van der Waals surface area contributed by atoms with Gasteiger partial charge in [-0.05, 0) is 37.3 Å². The van der Waals surface area contributed by atoms with E-state index in [9.17, 15) is 4.79 Å². The van der Waals surface area contributed by atoms with Crippen LogP contribution in [-0.2, 0) is 6.54 Å². The third-order valence-corrected chi connectivity index (χ3v) is 2.83. The fourth-order valence-electron chi connectivity index (χ4n) is 1.89. The van der Waals surface area contributed by atoms with Crippen molar-refractivity contribution in [3.63, 3.8) is 0 Å². The molecule has 0 unspecified atom stereocenters. The van der Waals surface area contributed by atoms with E-state index in [0.29, 0.717) is 17.8 Å². The van der Waals surface area contributed by atoms with Gasteiger partial charge in [0.1, 0.15) is 0 Å². The van der Waals surface area contributed by atoms with Crippen LogP contribution in [0.4, 0.5) is 5.69 Å². The summed E-state index contributed by atoms with van der Waals surface area (Å²) in [6, 6.07) is 12.8. The van der Waals surface area contributed by atoms with Gasteiger partial charge in [0.2, 0.25) is 0 Å². The van der Waals surface area contributed by atoms with Gasteiger partial charge in [-0.25, -0.2) is 0 Å². The van der Waals surface area contributed by atoms with E-state index in [1.54, 1.807) is 36.2 Å². The lowest BCUT2D eigenvalue weighted by molar-refractivity contribution is 0.0783. The van der Waals surface area contributed by atoms with Crippen molar-refractivity contribution in [3.8, 4) is 0 Å². The Morgan fingerprint density at radius 3 is 2.68 bits per heavy atom. The number of anilines is 1. The van der Waals surface area contributed by atoms with E-state index in [1.165, 1.54) is 0 Å². The van der Waals surface area contributed by atoms with Crippen molar-refractivity contribution in [2.45, 2.75) is 13.5 Å². The first-order chi connectivity index (χ1) is 9.06. The third kappa shape index (κ3) is 3.31. The van der Waals surface area contributed by atoms with Gasteiger partial charge in [0, 0.05) is 24.0 Å². The topological polar surface area (TPSA) is 59.2 Å². The summed E-state index contributed by atoms with van der Waals surface area (Å²) in [7, 11) is 1.76. The van der Waals surface area contributed by atoms with Crippen molar-refractivity contribution in [1.29, 1.82) is 0 Å². The van der Waals surface area contributed by atoms with Crippen molar-refractivity contribution in [1.82, 2.24) is 9.88 Å². The summed E-state index contributed by atoms with van der Waals surface area (Å²) in [6.07, 6.45) is 0. The van der Waals surface area contributed by atoms with Gasteiger partial charge < -0.3 is 10.6 Å². The molecule has 0 aliphatic heterocycles. The fourth-order valence-corrected chi connectivity index (χ4v) is 1.89. The molecule has 0 radical (unpaired) electrons. The molecule has 2 aromatic rings. The van der Waals surface area contributed by atoms with E-state index in [2.05, 4.69) is 4.98 Å². The number of aryl methyl sites for hydroxylation is 1. The van der Waals surface area contributed by atoms with Gasteiger partial charge in [0.05, 0.1) is 12.2 Å². The molecule has 98 valence electrons. The highest BCUT2D eigenvalue weighted by atomic mass is 16.2. The lowest BCUT2D eigenvalue weighted by atomic mass is 10.2. The molecule has 0 fully saturated rings. The first-order valence-electron chi connectivity index (χ1n) is 6.10. The van der Waals surface area contributed by atoms with E-state index in [0.717, 1.165) is 11.4 Å². The van der Waals surface area contributed by atoms with Gasteiger partial charge in [-0.15, -0.1) is 0 Å². The zero-order chi connectivity index (χ0) is 13.8. The van der Waals surface area contributed by atoms with Crippen molar-refractivity contribution in [2.75, 3.05) is 12.8 Å². The second-order valence-electron chi connectivity index (χ2n) is 4.56. The molecule has 0 saturated carbocycles. The number of hydrogen-bond donors (Lipinski definition) is 1. The molecule has 0 bridgehead atoms. The zero-order valence-electron chi connectivity index (χ0n) is 11.1. The zero-order valence-corrected chi connectivity index (χ0v) is 11.1. The number of aromatic nitrogens is 1. The molecule has 1 aromatic heterocycles. The highest BCUT2D eigenvalue weighted by molar-refractivity contribution is 5.94. The van der Waals surface area contributed by atoms with Crippen LogP contribution in [0.3, 0.4) is 0 Å². The average Bonchev–Trinajstić information content (AvgIpc) is 2.38. The van der Waals surface area contributed by atoms with Crippen molar-refractivity contribution >= 4 is 11.6 Å². The maximum atomic E-state index is 12.2. The minimum absolute atomic E-state index is 0.0596. The van der Waals surface area contributed by atoms with E-state index in [4.69, 9.17) is 5.73 Å². The van der Waals surface area contributed by atoms with Crippen LogP contribution in [0, 0.1) is 6.92 Å². The molecule has 0 atom stereocenters. The molecule has 1 amide bonds. The Hall–Kier alpha value is -2.36. The summed E-state index contributed by atoms with van der Waals surface area (Å²) >= 11 is 0. The van der Waals surface area contributed by atoms with Gasteiger partial charge in [0.15, 0.2) is 0 Å². The summed E-state index contributed by atoms with van der Waals surface area (Å²) in [5.41, 5.74) is 8.69. The monoisotopic (exact) mass is 255 g/mol. The predicted octanol–water partition coefficient (Wildman–Crippen LogP) is 2.24. The Labute approximate surface area is 112 Å². The van der Waals surface area contributed by atoms with E-state index >= 15 is 0 Å². The van der Waals surface area contributed by atoms with E-state index in [1.807, 2.05) is 25.1 Å². The number of amides is 1. The standard InChI is InChI=1S/C15H17N3O/c1-11-5-3-8-14(17-11)10-18(2)15(19)12-6-4-7-13(16)9-12/h3-9H,10,16H2,1-2H3. The van der Waals surface area contributed by atoms with Crippen LogP contribution >= 0.6 is 0 Å². The Balaban J connectivity index is 2.12. The van der Waals surface area contributed by atoms with Gasteiger partial charge >= 0.3 is 0 Å². The number of nitrogens with zero attached hydrogens (tertiary/aromatic N) is 2. The number of pyridine rings is 1. The number of benzene rings is 1. The van der Waals surface area contributed by atoms with Crippen LogP contribution in [0.5, 0.6) is 0 Å². The minimum Gasteiger partial charge on any atom is -0.399 e. The normalized spacial score (nSPS) is 10.2. The first kappa shape index (κ1) is 13.1. The Kier molecular flexibility index (Phi) is 3.80. The van der Waals surface area contributed by atoms with Crippen LogP contribution in [0.2, 0.25) is 0 Å². The minimum atomic E-state index is -0.0596. The summed E-state index contributed by atoms with van der Waals surface area (Å²) in [6.45, 7) is 2.42. The maximum absolute atomic E-state index is 12.2. The molecule has 0 aliphatic carbocycles. The van der Waals surface area contributed by atoms with E-state index in [-0.39, 0.29) is 5.91 Å². The van der Waals surface area contributed by atoms with Gasteiger partial charge in [-0.3, -0.25) is 9.78 Å². The van der Waals surface area contributed by atoms with E-state index < -0.39 is 0 Å². The van der Waals surface area contributed by atoms with Gasteiger partial charge in [-0.1, -0.05) is 12.1 Å². The highest BCUT2D eigenvalue weighted by Gasteiger charge is 2.12. The number of nitrogen functional groups attached to an aromatic ring is 1. The molecular formula is C15H17N3O. The summed E-state index contributed by atoms with van der Waals surface area (Å²) < 4.78 is 0. The van der Waals surface area contributed by atoms with Gasteiger partial charge in [-0.2, -0.15) is 0 Å². The molecule has 4 nitrogen and oxygen atoms in total. The van der Waals surface area contributed by atoms with Crippen LogP contribution in [0.1, 0.15) is 21.7 Å². The fraction of sp³-hybridized carbons (Fsp3) is 0.200. The number of carbonyl (C=O) groups is 1. The average molecular weight is 255 g/mol. The highest BCUT2D eigenvalue weighted by Crippen LogP contribution is 2.11. The summed E-state index contributed by atoms with van der Waals surface area (Å²) in [5, 5.41) is 0. The van der Waals surface area contributed by atoms with Gasteiger partial charge in [0.25, 0.3) is 5.91 Å². The SMILES string of the molecule is Cc1cccc(CN(C)C(=O)c2cccc(N)c2)n1. The number of hydrogen-bond acceptors (Lipinski definition) is 3. The summed E-state index contributed by atoms with van der Waals surface area (Å²) in [4.78, 5) is 18.3. The van der Waals surface area contributed by atoms with Crippen LogP contribution in [-0.4, -0.2) is 22.8 Å². The molecular weight excluding hydrogens is 238 g/mol. The van der Waals surface area contributed by atoms with Crippen molar-refractivity contribution in [2.24, 2.45) is 0 Å². The quantitative estimate of drug-likeness (QED) is 0.856. The number of nitrogens with two attached hydrogens (primary N) is 1. The molecule has 2 rings (SSSR count). The van der Waals surface area contributed by atoms with Crippen molar-refractivity contribution < 1.29 is 4.79 Å². The van der Waals surface area contributed by atoms with Crippen LogP contribution in [0.25, 0.3) is 0 Å². The molecule has 19 heavy (non-hydrogen) atoms. The molecule has 2 N–H and O–H groups in total. The molecule has 4 heteroatoms. The molecule has 1 heterocycles. The molecule has 1 aromatic carbocycles. The first-order valence-corrected chi connectivity index (χ1v) is 6.10. The Bertz CT molecular complexity index is 595. The Morgan fingerprint density at radius 2 is 2.00 bits per heavy atom. The smallest absolute Gasteiger partial charge is 0.254 e. The van der Waals surface area contributed by atoms with Crippen LogP contribution < -0.4 is 5.73 Å². The van der Waals surface area contributed by atoms with Crippen LogP contribution in [0.15, 0.2) is 42.5 Å². The number of carbonyl (C=O) groups excluding carboxylic acids is 1. The van der Waals surface area contributed by atoms with Crippen molar-refractivity contribution in [3.05, 3.63) is 59.4 Å². The molecule has 0 aliphatic rings. The summed E-state index contributed by atoms with van der Waals surface area (Å²) in [5.74, 6) is -0.0596. The maximum Gasteiger partial charge on any atom is 0.254 e. The molecule has 0 spiro atoms.